The first kappa shape index (κ1) is 9.71. The summed E-state index contributed by atoms with van der Waals surface area (Å²) in [4.78, 5) is 0. The molecule has 1 aromatic carbocycles. The van der Waals surface area contributed by atoms with Crippen LogP contribution in [0.5, 0.6) is 0 Å². The van der Waals surface area contributed by atoms with Crippen molar-refractivity contribution in [2.45, 2.75) is 20.4 Å². The highest BCUT2D eigenvalue weighted by Gasteiger charge is 2.11. The van der Waals surface area contributed by atoms with Gasteiger partial charge in [0.15, 0.2) is 0 Å². The molecule has 0 amide bonds. The van der Waals surface area contributed by atoms with E-state index in [0.717, 1.165) is 23.1 Å². The van der Waals surface area contributed by atoms with Crippen LogP contribution in [0.2, 0.25) is 0 Å². The predicted molar refractivity (Wildman–Crippen MR) is 59.4 cm³/mol. The second-order valence-electron chi connectivity index (χ2n) is 3.37. The van der Waals surface area contributed by atoms with Crippen LogP contribution >= 0.6 is 0 Å². The molecule has 0 radical (unpaired) electrons. The zero-order valence-corrected chi connectivity index (χ0v) is 8.81. The summed E-state index contributed by atoms with van der Waals surface area (Å²) in [7, 11) is 0. The van der Waals surface area contributed by atoms with Crippen molar-refractivity contribution in [3.63, 3.8) is 0 Å². The van der Waals surface area contributed by atoms with E-state index in [-0.39, 0.29) is 0 Å². The van der Waals surface area contributed by atoms with Crippen molar-refractivity contribution < 1.29 is 5.21 Å². The van der Waals surface area contributed by atoms with Crippen molar-refractivity contribution in [1.29, 1.82) is 0 Å². The number of oxime groups is 1. The lowest BCUT2D eigenvalue weighted by atomic mass is 10.1. The molecule has 15 heavy (non-hydrogen) atoms. The van der Waals surface area contributed by atoms with Gasteiger partial charge < -0.3 is 5.21 Å². The van der Waals surface area contributed by atoms with Gasteiger partial charge >= 0.3 is 0 Å². The number of para-hydroxylation sites is 1. The Morgan fingerprint density at radius 1 is 1.47 bits per heavy atom. The predicted octanol–water partition coefficient (Wildman–Crippen LogP) is 2.25. The highest BCUT2D eigenvalue weighted by molar-refractivity contribution is 6.07. The lowest BCUT2D eigenvalue weighted by molar-refractivity contribution is 0.319. The summed E-state index contributed by atoms with van der Waals surface area (Å²) in [5.41, 5.74) is 2.35. The molecule has 4 heteroatoms. The van der Waals surface area contributed by atoms with Crippen molar-refractivity contribution in [2.75, 3.05) is 0 Å². The summed E-state index contributed by atoms with van der Waals surface area (Å²) in [5.74, 6) is 0. The van der Waals surface area contributed by atoms with Crippen LogP contribution in [0.4, 0.5) is 0 Å². The maximum absolute atomic E-state index is 8.77. The third-order valence-electron chi connectivity index (χ3n) is 2.45. The minimum Gasteiger partial charge on any atom is -0.411 e. The fourth-order valence-corrected chi connectivity index (χ4v) is 1.68. The Labute approximate surface area is 87.8 Å². The Hall–Kier alpha value is -1.84. The molecule has 1 aromatic heterocycles. The molecular weight excluding hydrogens is 190 g/mol. The normalized spacial score (nSPS) is 12.3. The molecule has 0 aliphatic rings. The van der Waals surface area contributed by atoms with Gasteiger partial charge in [0, 0.05) is 11.9 Å². The van der Waals surface area contributed by atoms with Gasteiger partial charge in [-0.1, -0.05) is 23.4 Å². The topological polar surface area (TPSA) is 50.4 Å². The molecule has 0 bridgehead atoms. The van der Waals surface area contributed by atoms with Crippen molar-refractivity contribution in [3.05, 3.63) is 30.0 Å². The minimum absolute atomic E-state index is 0.540. The minimum atomic E-state index is 0.540. The molecular formula is C11H13N3O. The van der Waals surface area contributed by atoms with Crippen LogP contribution in [0, 0.1) is 0 Å². The molecule has 0 saturated carbocycles. The average Bonchev–Trinajstić information content (AvgIpc) is 2.67. The van der Waals surface area contributed by atoms with E-state index >= 15 is 0 Å². The van der Waals surface area contributed by atoms with Gasteiger partial charge in [0.25, 0.3) is 0 Å². The van der Waals surface area contributed by atoms with E-state index in [0.29, 0.717) is 5.71 Å². The number of aromatic nitrogens is 2. The van der Waals surface area contributed by atoms with E-state index in [1.807, 2.05) is 35.9 Å². The van der Waals surface area contributed by atoms with E-state index in [1.54, 1.807) is 6.92 Å². The third-order valence-corrected chi connectivity index (χ3v) is 2.45. The third kappa shape index (κ3) is 1.48. The quantitative estimate of drug-likeness (QED) is 0.462. The molecule has 0 fully saturated rings. The molecule has 4 nitrogen and oxygen atoms in total. The van der Waals surface area contributed by atoms with Gasteiger partial charge in [-0.25, -0.2) is 0 Å². The standard InChI is InChI=1S/C11H13N3O/c1-3-14-10-7-5-4-6-9(10)11(12-14)8(2)13-15/h4-7,15H,3H2,1-2H3. The summed E-state index contributed by atoms with van der Waals surface area (Å²) in [6.45, 7) is 4.59. The zero-order chi connectivity index (χ0) is 10.8. The molecule has 2 aromatic rings. The molecule has 0 spiro atoms. The summed E-state index contributed by atoms with van der Waals surface area (Å²) >= 11 is 0. The number of aryl methyl sites for hydroxylation is 1. The first-order valence-corrected chi connectivity index (χ1v) is 4.92. The van der Waals surface area contributed by atoms with E-state index in [2.05, 4.69) is 10.3 Å². The number of nitrogens with zero attached hydrogens (tertiary/aromatic N) is 3. The van der Waals surface area contributed by atoms with Crippen LogP contribution < -0.4 is 0 Å². The number of rotatable bonds is 2. The molecule has 0 unspecified atom stereocenters. The highest BCUT2D eigenvalue weighted by Crippen LogP contribution is 2.18. The number of hydrogen-bond acceptors (Lipinski definition) is 3. The van der Waals surface area contributed by atoms with Gasteiger partial charge in [0.2, 0.25) is 0 Å². The van der Waals surface area contributed by atoms with Crippen LogP contribution in [-0.4, -0.2) is 20.7 Å². The molecule has 0 saturated heterocycles. The summed E-state index contributed by atoms with van der Waals surface area (Å²) < 4.78 is 1.90. The average molecular weight is 203 g/mol. The lowest BCUT2D eigenvalue weighted by Gasteiger charge is -1.95. The van der Waals surface area contributed by atoms with Crippen molar-refractivity contribution in [2.24, 2.45) is 5.16 Å². The van der Waals surface area contributed by atoms with Gasteiger partial charge in [-0.15, -0.1) is 0 Å². The maximum Gasteiger partial charge on any atom is 0.117 e. The Morgan fingerprint density at radius 2 is 2.20 bits per heavy atom. The second kappa shape index (κ2) is 3.73. The first-order chi connectivity index (χ1) is 7.27. The second-order valence-corrected chi connectivity index (χ2v) is 3.37. The molecule has 0 aliphatic carbocycles. The monoisotopic (exact) mass is 203 g/mol. The fourth-order valence-electron chi connectivity index (χ4n) is 1.68. The fraction of sp³-hybridized carbons (Fsp3) is 0.273. The summed E-state index contributed by atoms with van der Waals surface area (Å²) in [6, 6.07) is 7.93. The van der Waals surface area contributed by atoms with Gasteiger partial charge in [0.05, 0.1) is 5.52 Å². The molecule has 1 N–H and O–H groups in total. The van der Waals surface area contributed by atoms with Crippen LogP contribution in [0.25, 0.3) is 10.9 Å². The van der Waals surface area contributed by atoms with Crippen LogP contribution in [0.1, 0.15) is 19.5 Å². The smallest absolute Gasteiger partial charge is 0.117 e. The zero-order valence-electron chi connectivity index (χ0n) is 8.81. The molecule has 2 rings (SSSR count). The van der Waals surface area contributed by atoms with Crippen LogP contribution in [-0.2, 0) is 6.54 Å². The molecule has 0 aliphatic heterocycles. The Balaban J connectivity index is 2.76. The van der Waals surface area contributed by atoms with Crippen LogP contribution in [0.15, 0.2) is 29.4 Å². The number of hydrogen-bond donors (Lipinski definition) is 1. The summed E-state index contributed by atoms with van der Waals surface area (Å²) in [5, 5.41) is 17.4. The summed E-state index contributed by atoms with van der Waals surface area (Å²) in [6.07, 6.45) is 0. The van der Waals surface area contributed by atoms with Crippen molar-refractivity contribution in [1.82, 2.24) is 9.78 Å². The Bertz CT molecular complexity index is 514. The van der Waals surface area contributed by atoms with E-state index in [1.165, 1.54) is 0 Å². The van der Waals surface area contributed by atoms with E-state index in [4.69, 9.17) is 5.21 Å². The van der Waals surface area contributed by atoms with E-state index < -0.39 is 0 Å². The lowest BCUT2D eigenvalue weighted by Crippen LogP contribution is -2.00. The highest BCUT2D eigenvalue weighted by atomic mass is 16.4. The molecule has 1 heterocycles. The van der Waals surface area contributed by atoms with E-state index in [9.17, 15) is 0 Å². The largest absolute Gasteiger partial charge is 0.411 e. The van der Waals surface area contributed by atoms with Gasteiger partial charge in [-0.3, -0.25) is 4.68 Å². The molecule has 0 atom stereocenters. The number of fused-ring (bicyclic) bond motifs is 1. The molecule has 78 valence electrons. The maximum atomic E-state index is 8.77. The SMILES string of the molecule is CCn1nc(C(C)=NO)c2ccccc21. The van der Waals surface area contributed by atoms with Crippen molar-refractivity contribution in [3.8, 4) is 0 Å². The van der Waals surface area contributed by atoms with Gasteiger partial charge in [-0.2, -0.15) is 5.10 Å². The first-order valence-electron chi connectivity index (χ1n) is 4.92. The Kier molecular flexibility index (Phi) is 2.41. The number of benzene rings is 1. The van der Waals surface area contributed by atoms with Crippen LogP contribution in [0.3, 0.4) is 0 Å². The van der Waals surface area contributed by atoms with Gasteiger partial charge in [0.1, 0.15) is 11.4 Å². The Morgan fingerprint density at radius 3 is 2.87 bits per heavy atom. The van der Waals surface area contributed by atoms with Crippen molar-refractivity contribution >= 4 is 16.6 Å². The van der Waals surface area contributed by atoms with Gasteiger partial charge in [-0.05, 0) is 19.9 Å².